The molecule has 1 N–H and O–H groups in total. The van der Waals surface area contributed by atoms with Crippen LogP contribution in [0.3, 0.4) is 0 Å². The molecule has 0 unspecified atom stereocenters. The molecule has 2 aromatic rings. The van der Waals surface area contributed by atoms with Gasteiger partial charge in [0.1, 0.15) is 5.82 Å². The van der Waals surface area contributed by atoms with Crippen molar-refractivity contribution in [2.75, 3.05) is 5.32 Å². The van der Waals surface area contributed by atoms with Gasteiger partial charge in [0.25, 0.3) is 0 Å². The molecular weight excluding hydrogens is 229 g/mol. The van der Waals surface area contributed by atoms with Gasteiger partial charge >= 0.3 is 0 Å². The van der Waals surface area contributed by atoms with Gasteiger partial charge in [-0.25, -0.2) is 4.39 Å². The van der Waals surface area contributed by atoms with E-state index in [1.165, 1.54) is 6.07 Å². The third-order valence-electron chi connectivity index (χ3n) is 2.53. The number of nitrogens with zero attached hydrogens (tertiary/aromatic N) is 2. The van der Waals surface area contributed by atoms with E-state index in [0.717, 1.165) is 11.3 Å². The summed E-state index contributed by atoms with van der Waals surface area (Å²) in [6.45, 7) is 2.41. The summed E-state index contributed by atoms with van der Waals surface area (Å²) in [4.78, 5) is 4.22. The summed E-state index contributed by atoms with van der Waals surface area (Å²) < 4.78 is 13.6. The molecule has 1 aromatic carbocycles. The van der Waals surface area contributed by atoms with Crippen LogP contribution in [0.4, 0.5) is 10.1 Å². The van der Waals surface area contributed by atoms with Crippen molar-refractivity contribution < 1.29 is 4.39 Å². The topological polar surface area (TPSA) is 48.7 Å². The summed E-state index contributed by atoms with van der Waals surface area (Å²) in [6.07, 6.45) is 1.77. The van der Waals surface area contributed by atoms with Crippen LogP contribution in [0.5, 0.6) is 0 Å². The van der Waals surface area contributed by atoms with Crippen molar-refractivity contribution in [3.8, 4) is 6.07 Å². The van der Waals surface area contributed by atoms with Crippen LogP contribution in [0.1, 0.15) is 16.8 Å². The van der Waals surface area contributed by atoms with Crippen molar-refractivity contribution in [1.29, 1.82) is 5.26 Å². The Morgan fingerprint density at radius 2 is 2.17 bits per heavy atom. The second-order valence-corrected chi connectivity index (χ2v) is 3.99. The summed E-state index contributed by atoms with van der Waals surface area (Å²) in [7, 11) is 0. The van der Waals surface area contributed by atoms with Crippen LogP contribution in [0.15, 0.2) is 36.5 Å². The Kier molecular flexibility index (Phi) is 3.54. The number of rotatable bonds is 3. The number of pyridine rings is 1. The summed E-state index contributed by atoms with van der Waals surface area (Å²) in [6, 6.07) is 10.1. The second kappa shape index (κ2) is 5.28. The van der Waals surface area contributed by atoms with Crippen molar-refractivity contribution >= 4 is 5.69 Å². The Morgan fingerprint density at radius 3 is 2.78 bits per heavy atom. The number of hydrogen-bond acceptors (Lipinski definition) is 3. The molecule has 0 saturated heterocycles. The standard InChI is InChI=1S/C14H12FN3/c1-10-2-4-12(17-8-10)9-18-14-5-3-11(7-16)6-13(14)15/h2-6,8,18H,9H2,1H3. The third kappa shape index (κ3) is 2.83. The van der Waals surface area contributed by atoms with Gasteiger partial charge in [-0.05, 0) is 36.8 Å². The van der Waals surface area contributed by atoms with Gasteiger partial charge < -0.3 is 5.32 Å². The number of hydrogen-bond donors (Lipinski definition) is 1. The van der Waals surface area contributed by atoms with Crippen LogP contribution in [0.2, 0.25) is 0 Å². The molecular formula is C14H12FN3. The van der Waals surface area contributed by atoms with Crippen LogP contribution < -0.4 is 5.32 Å². The van der Waals surface area contributed by atoms with Gasteiger partial charge in [0.2, 0.25) is 0 Å². The lowest BCUT2D eigenvalue weighted by Gasteiger charge is -2.07. The monoisotopic (exact) mass is 241 g/mol. The maximum Gasteiger partial charge on any atom is 0.147 e. The first-order valence-corrected chi connectivity index (χ1v) is 5.54. The highest BCUT2D eigenvalue weighted by molar-refractivity contribution is 5.48. The number of anilines is 1. The molecule has 0 amide bonds. The van der Waals surface area contributed by atoms with Gasteiger partial charge in [-0.15, -0.1) is 0 Å². The van der Waals surface area contributed by atoms with Crippen molar-refractivity contribution in [3.05, 3.63) is 59.2 Å². The molecule has 0 aliphatic heterocycles. The molecule has 0 spiro atoms. The minimum atomic E-state index is -0.429. The fourth-order valence-electron chi connectivity index (χ4n) is 1.52. The van der Waals surface area contributed by atoms with Gasteiger partial charge in [-0.2, -0.15) is 5.26 Å². The quantitative estimate of drug-likeness (QED) is 0.898. The number of aromatic nitrogens is 1. The largest absolute Gasteiger partial charge is 0.377 e. The number of nitriles is 1. The molecule has 2 rings (SSSR count). The van der Waals surface area contributed by atoms with Crippen molar-refractivity contribution in [2.24, 2.45) is 0 Å². The minimum absolute atomic E-state index is 0.312. The van der Waals surface area contributed by atoms with Crippen LogP contribution in [-0.4, -0.2) is 4.98 Å². The number of aryl methyl sites for hydroxylation is 1. The zero-order chi connectivity index (χ0) is 13.0. The van der Waals surface area contributed by atoms with Crippen LogP contribution >= 0.6 is 0 Å². The zero-order valence-corrected chi connectivity index (χ0v) is 9.94. The van der Waals surface area contributed by atoms with E-state index in [1.807, 2.05) is 25.1 Å². The molecule has 0 aliphatic carbocycles. The van der Waals surface area contributed by atoms with Crippen molar-refractivity contribution in [1.82, 2.24) is 4.98 Å². The predicted molar refractivity (Wildman–Crippen MR) is 67.4 cm³/mol. The number of nitrogens with one attached hydrogen (secondary N) is 1. The van der Waals surface area contributed by atoms with Gasteiger partial charge in [0.15, 0.2) is 0 Å². The first-order valence-electron chi connectivity index (χ1n) is 5.54. The van der Waals surface area contributed by atoms with Crippen molar-refractivity contribution in [2.45, 2.75) is 13.5 Å². The fourth-order valence-corrected chi connectivity index (χ4v) is 1.52. The highest BCUT2D eigenvalue weighted by Gasteiger charge is 2.03. The lowest BCUT2D eigenvalue weighted by molar-refractivity contribution is 0.629. The molecule has 0 atom stereocenters. The average Bonchev–Trinajstić information content (AvgIpc) is 2.39. The smallest absolute Gasteiger partial charge is 0.147 e. The third-order valence-corrected chi connectivity index (χ3v) is 2.53. The molecule has 0 radical (unpaired) electrons. The van der Waals surface area contributed by atoms with Crippen molar-refractivity contribution in [3.63, 3.8) is 0 Å². The van der Waals surface area contributed by atoms with Gasteiger partial charge in [0, 0.05) is 6.20 Å². The minimum Gasteiger partial charge on any atom is -0.377 e. The predicted octanol–water partition coefficient (Wildman–Crippen LogP) is 3.01. The van der Waals surface area contributed by atoms with E-state index in [9.17, 15) is 4.39 Å². The lowest BCUT2D eigenvalue weighted by atomic mass is 10.2. The number of halogens is 1. The molecule has 1 heterocycles. The van der Waals surface area contributed by atoms with E-state index in [-0.39, 0.29) is 0 Å². The Bertz CT molecular complexity index is 585. The van der Waals surface area contributed by atoms with E-state index in [1.54, 1.807) is 18.3 Å². The molecule has 0 aliphatic rings. The molecule has 3 nitrogen and oxygen atoms in total. The first kappa shape index (κ1) is 12.1. The number of benzene rings is 1. The molecule has 0 bridgehead atoms. The molecule has 4 heteroatoms. The Labute approximate surface area is 105 Å². The molecule has 18 heavy (non-hydrogen) atoms. The van der Waals surface area contributed by atoms with E-state index >= 15 is 0 Å². The highest BCUT2D eigenvalue weighted by Crippen LogP contribution is 2.16. The Balaban J connectivity index is 2.06. The Morgan fingerprint density at radius 1 is 1.33 bits per heavy atom. The summed E-state index contributed by atoms with van der Waals surface area (Å²) in [5.74, 6) is -0.429. The van der Waals surface area contributed by atoms with Crippen LogP contribution in [0, 0.1) is 24.1 Å². The first-order chi connectivity index (χ1) is 8.69. The normalized spacial score (nSPS) is 9.83. The SMILES string of the molecule is Cc1ccc(CNc2ccc(C#N)cc2F)nc1. The van der Waals surface area contributed by atoms with Gasteiger partial charge in [-0.1, -0.05) is 6.07 Å². The molecule has 0 saturated carbocycles. The highest BCUT2D eigenvalue weighted by atomic mass is 19.1. The van der Waals surface area contributed by atoms with E-state index in [4.69, 9.17) is 5.26 Å². The zero-order valence-electron chi connectivity index (χ0n) is 9.94. The van der Waals surface area contributed by atoms with Crippen LogP contribution in [-0.2, 0) is 6.54 Å². The maximum atomic E-state index is 13.6. The van der Waals surface area contributed by atoms with Gasteiger partial charge in [-0.3, -0.25) is 4.98 Å². The van der Waals surface area contributed by atoms with Crippen LogP contribution in [0.25, 0.3) is 0 Å². The molecule has 0 fully saturated rings. The lowest BCUT2D eigenvalue weighted by Crippen LogP contribution is -2.03. The summed E-state index contributed by atoms with van der Waals surface area (Å²) >= 11 is 0. The van der Waals surface area contributed by atoms with Gasteiger partial charge in [0.05, 0.1) is 29.6 Å². The maximum absolute atomic E-state index is 13.6. The summed E-state index contributed by atoms with van der Waals surface area (Å²) in [5.41, 5.74) is 2.61. The fraction of sp³-hybridized carbons (Fsp3) is 0.143. The average molecular weight is 241 g/mol. The Hall–Kier alpha value is -2.41. The molecule has 90 valence electrons. The molecule has 1 aromatic heterocycles. The van der Waals surface area contributed by atoms with E-state index in [2.05, 4.69) is 10.3 Å². The van der Waals surface area contributed by atoms with E-state index < -0.39 is 5.82 Å². The second-order valence-electron chi connectivity index (χ2n) is 3.99. The van der Waals surface area contributed by atoms with E-state index in [0.29, 0.717) is 17.8 Å². The summed E-state index contributed by atoms with van der Waals surface area (Å²) in [5, 5.41) is 11.6.